The van der Waals surface area contributed by atoms with Crippen molar-refractivity contribution >= 4 is 23.5 Å². The minimum Gasteiger partial charge on any atom is -0.336 e. The molecule has 1 aromatic rings. The molecule has 0 bridgehead atoms. The second-order valence-corrected chi connectivity index (χ2v) is 3.79. The first-order valence-electron chi connectivity index (χ1n) is 4.97. The highest BCUT2D eigenvalue weighted by Gasteiger charge is 2.26. The van der Waals surface area contributed by atoms with Gasteiger partial charge in [-0.15, -0.1) is 11.6 Å². The lowest BCUT2D eigenvalue weighted by molar-refractivity contribution is 0.0829. The smallest absolute Gasteiger partial charge is 0.324 e. The summed E-state index contributed by atoms with van der Waals surface area (Å²) in [4.78, 5) is 24.4. The summed E-state index contributed by atoms with van der Waals surface area (Å²) >= 11 is 5.65. The lowest BCUT2D eigenvalue weighted by atomic mass is 10.1. The van der Waals surface area contributed by atoms with Gasteiger partial charge in [-0.1, -0.05) is 12.1 Å². The number of amides is 3. The van der Waals surface area contributed by atoms with Crippen LogP contribution in [-0.2, 0) is 5.88 Å². The van der Waals surface area contributed by atoms with E-state index in [0.29, 0.717) is 24.5 Å². The van der Waals surface area contributed by atoms with E-state index >= 15 is 0 Å². The fraction of sp³-hybridized carbons (Fsp3) is 0.273. The molecule has 1 aliphatic heterocycles. The number of urea groups is 1. The van der Waals surface area contributed by atoms with Crippen LogP contribution >= 0.6 is 11.6 Å². The molecule has 5 heteroatoms. The van der Waals surface area contributed by atoms with E-state index in [2.05, 4.69) is 5.32 Å². The van der Waals surface area contributed by atoms with Gasteiger partial charge in [0, 0.05) is 24.5 Å². The first-order valence-corrected chi connectivity index (χ1v) is 5.50. The first-order chi connectivity index (χ1) is 7.72. The third-order valence-corrected chi connectivity index (χ3v) is 2.77. The highest BCUT2D eigenvalue weighted by atomic mass is 35.5. The monoisotopic (exact) mass is 238 g/mol. The van der Waals surface area contributed by atoms with E-state index < -0.39 is 0 Å². The minimum atomic E-state index is -0.327. The molecule has 1 saturated heterocycles. The summed E-state index contributed by atoms with van der Waals surface area (Å²) in [6, 6.07) is 6.62. The van der Waals surface area contributed by atoms with E-state index in [4.69, 9.17) is 11.6 Å². The average Bonchev–Trinajstić information content (AvgIpc) is 2.75. The zero-order valence-electron chi connectivity index (χ0n) is 8.57. The first kappa shape index (κ1) is 11.0. The number of alkyl halides is 1. The Morgan fingerprint density at radius 2 is 2.06 bits per heavy atom. The standard InChI is InChI=1S/C11H11ClN2O2/c12-7-8-1-3-9(4-2-8)10(15)14-6-5-13-11(14)16/h1-4H,5-7H2,(H,13,16). The highest BCUT2D eigenvalue weighted by molar-refractivity contribution is 6.17. The van der Waals surface area contributed by atoms with Gasteiger partial charge in [-0.2, -0.15) is 0 Å². The molecule has 0 atom stereocenters. The van der Waals surface area contributed by atoms with Crippen molar-refractivity contribution in [1.82, 2.24) is 10.2 Å². The molecule has 0 saturated carbocycles. The molecule has 1 heterocycles. The summed E-state index contributed by atoms with van der Waals surface area (Å²) in [5.74, 6) is 0.148. The van der Waals surface area contributed by atoms with Crippen LogP contribution in [0.25, 0.3) is 0 Å². The topological polar surface area (TPSA) is 49.4 Å². The molecule has 0 unspecified atom stereocenters. The molecule has 1 fully saturated rings. The summed E-state index contributed by atoms with van der Waals surface area (Å²) in [5, 5.41) is 2.59. The van der Waals surface area contributed by atoms with Crippen molar-refractivity contribution < 1.29 is 9.59 Å². The Morgan fingerprint density at radius 1 is 1.38 bits per heavy atom. The zero-order valence-corrected chi connectivity index (χ0v) is 9.33. The Kier molecular flexibility index (Phi) is 3.10. The van der Waals surface area contributed by atoms with Crippen molar-refractivity contribution in [2.45, 2.75) is 5.88 Å². The normalized spacial score (nSPS) is 15.1. The van der Waals surface area contributed by atoms with Crippen molar-refractivity contribution in [3.05, 3.63) is 35.4 Å². The number of carbonyl (C=O) groups is 2. The summed E-state index contributed by atoms with van der Waals surface area (Å²) in [6.07, 6.45) is 0. The van der Waals surface area contributed by atoms with Gasteiger partial charge in [0.25, 0.3) is 5.91 Å². The zero-order chi connectivity index (χ0) is 11.5. The van der Waals surface area contributed by atoms with Crippen LogP contribution in [0.4, 0.5) is 4.79 Å². The van der Waals surface area contributed by atoms with Crippen molar-refractivity contribution in [1.29, 1.82) is 0 Å². The van der Waals surface area contributed by atoms with Crippen LogP contribution in [0.1, 0.15) is 15.9 Å². The molecule has 2 rings (SSSR count). The third-order valence-electron chi connectivity index (χ3n) is 2.46. The number of halogens is 1. The number of nitrogens with one attached hydrogen (secondary N) is 1. The van der Waals surface area contributed by atoms with E-state index in [-0.39, 0.29) is 11.9 Å². The van der Waals surface area contributed by atoms with Gasteiger partial charge < -0.3 is 5.32 Å². The molecule has 0 aliphatic carbocycles. The van der Waals surface area contributed by atoms with E-state index in [1.54, 1.807) is 24.3 Å². The Labute approximate surface area is 98.2 Å². The Bertz CT molecular complexity index is 416. The van der Waals surface area contributed by atoms with E-state index in [9.17, 15) is 9.59 Å². The van der Waals surface area contributed by atoms with E-state index in [1.807, 2.05) is 0 Å². The number of imide groups is 1. The molecule has 16 heavy (non-hydrogen) atoms. The number of carbonyl (C=O) groups excluding carboxylic acids is 2. The lowest BCUT2D eigenvalue weighted by Crippen LogP contribution is -2.34. The van der Waals surface area contributed by atoms with Gasteiger partial charge in [-0.25, -0.2) is 4.79 Å². The fourth-order valence-corrected chi connectivity index (χ4v) is 1.74. The lowest BCUT2D eigenvalue weighted by Gasteiger charge is -2.11. The number of nitrogens with zero attached hydrogens (tertiary/aromatic N) is 1. The molecule has 3 amide bonds. The number of rotatable bonds is 2. The number of hydrogen-bond donors (Lipinski definition) is 1. The maximum atomic E-state index is 11.9. The largest absolute Gasteiger partial charge is 0.336 e. The quantitative estimate of drug-likeness (QED) is 0.796. The number of benzene rings is 1. The van der Waals surface area contributed by atoms with Crippen LogP contribution in [0.2, 0.25) is 0 Å². The predicted molar refractivity (Wildman–Crippen MR) is 60.4 cm³/mol. The molecule has 0 radical (unpaired) electrons. The second-order valence-electron chi connectivity index (χ2n) is 3.52. The second kappa shape index (κ2) is 4.53. The van der Waals surface area contributed by atoms with Crippen LogP contribution < -0.4 is 5.32 Å². The minimum absolute atomic E-state index is 0.267. The van der Waals surface area contributed by atoms with Crippen LogP contribution in [0.3, 0.4) is 0 Å². The summed E-state index contributed by atoms with van der Waals surface area (Å²) in [7, 11) is 0. The molecular formula is C11H11ClN2O2. The van der Waals surface area contributed by atoms with Crippen molar-refractivity contribution in [2.75, 3.05) is 13.1 Å². The molecule has 84 valence electrons. The van der Waals surface area contributed by atoms with Gasteiger partial charge in [0.15, 0.2) is 0 Å². The third kappa shape index (κ3) is 2.02. The fourth-order valence-electron chi connectivity index (χ4n) is 1.56. The van der Waals surface area contributed by atoms with Gasteiger partial charge in [0.2, 0.25) is 0 Å². The van der Waals surface area contributed by atoms with Gasteiger partial charge in [0.05, 0.1) is 0 Å². The number of hydrogen-bond acceptors (Lipinski definition) is 2. The molecular weight excluding hydrogens is 228 g/mol. The summed E-state index contributed by atoms with van der Waals surface area (Å²) < 4.78 is 0. The summed E-state index contributed by atoms with van der Waals surface area (Å²) in [5.41, 5.74) is 1.45. The molecule has 1 aromatic carbocycles. The van der Waals surface area contributed by atoms with Crippen molar-refractivity contribution in [3.8, 4) is 0 Å². The van der Waals surface area contributed by atoms with Crippen LogP contribution in [0.5, 0.6) is 0 Å². The molecule has 1 N–H and O–H groups in total. The molecule has 4 nitrogen and oxygen atoms in total. The van der Waals surface area contributed by atoms with Crippen molar-refractivity contribution in [3.63, 3.8) is 0 Å². The maximum absolute atomic E-state index is 11.9. The van der Waals surface area contributed by atoms with Crippen molar-refractivity contribution in [2.24, 2.45) is 0 Å². The maximum Gasteiger partial charge on any atom is 0.324 e. The SMILES string of the molecule is O=C1NCCN1C(=O)c1ccc(CCl)cc1. The Hall–Kier alpha value is -1.55. The van der Waals surface area contributed by atoms with E-state index in [0.717, 1.165) is 5.56 Å². The van der Waals surface area contributed by atoms with Gasteiger partial charge in [-0.05, 0) is 17.7 Å². The van der Waals surface area contributed by atoms with Crippen LogP contribution in [-0.4, -0.2) is 29.9 Å². The van der Waals surface area contributed by atoms with E-state index in [1.165, 1.54) is 4.90 Å². The molecule has 1 aliphatic rings. The Balaban J connectivity index is 2.17. The molecule has 0 aromatic heterocycles. The Morgan fingerprint density at radius 3 is 2.56 bits per heavy atom. The van der Waals surface area contributed by atoms with Gasteiger partial charge in [-0.3, -0.25) is 9.69 Å². The molecule has 0 spiro atoms. The van der Waals surface area contributed by atoms with Crippen LogP contribution in [0, 0.1) is 0 Å². The summed E-state index contributed by atoms with van der Waals surface area (Å²) in [6.45, 7) is 0.944. The average molecular weight is 239 g/mol. The predicted octanol–water partition coefficient (Wildman–Crippen LogP) is 1.59. The van der Waals surface area contributed by atoms with Crippen LogP contribution in [0.15, 0.2) is 24.3 Å². The van der Waals surface area contributed by atoms with Gasteiger partial charge >= 0.3 is 6.03 Å². The highest BCUT2D eigenvalue weighted by Crippen LogP contribution is 2.10. The van der Waals surface area contributed by atoms with Gasteiger partial charge in [0.1, 0.15) is 0 Å².